The number of aryl methyl sites for hydroxylation is 1. The number of carbonyl (C=O) groups is 2. The smallest absolute Gasteiger partial charge is 0.340 e. The molecular formula is C15H22N2O4. The Kier molecular flexibility index (Phi) is 4.93. The van der Waals surface area contributed by atoms with E-state index < -0.39 is 17.3 Å². The van der Waals surface area contributed by atoms with Crippen molar-refractivity contribution in [1.82, 2.24) is 4.57 Å². The lowest BCUT2D eigenvalue weighted by Crippen LogP contribution is -2.39. The zero-order chi connectivity index (χ0) is 16.4. The maximum Gasteiger partial charge on any atom is 0.340 e. The Hall–Kier alpha value is -2.11. The standard InChI is InChI=1S/C15H22N2O4/c1-6-21-13(19)12-9(2)7-11(18)17(10(12)3)8-15(4,5)14(16)20/h7H,6,8H2,1-5H3,(H2,16,20). The van der Waals surface area contributed by atoms with Crippen LogP contribution in [-0.2, 0) is 16.1 Å². The summed E-state index contributed by atoms with van der Waals surface area (Å²) in [6.07, 6.45) is 0. The summed E-state index contributed by atoms with van der Waals surface area (Å²) in [6, 6.07) is 1.37. The van der Waals surface area contributed by atoms with Gasteiger partial charge in [-0.25, -0.2) is 4.79 Å². The number of primary amides is 1. The molecule has 0 aromatic carbocycles. The molecule has 0 atom stereocenters. The average Bonchev–Trinajstić information content (AvgIpc) is 2.34. The van der Waals surface area contributed by atoms with Gasteiger partial charge in [0.2, 0.25) is 5.91 Å². The van der Waals surface area contributed by atoms with E-state index in [-0.39, 0.29) is 18.7 Å². The lowest BCUT2D eigenvalue weighted by molar-refractivity contribution is -0.126. The molecule has 2 N–H and O–H groups in total. The third-order valence-corrected chi connectivity index (χ3v) is 3.47. The zero-order valence-electron chi connectivity index (χ0n) is 13.1. The molecule has 1 aromatic heterocycles. The van der Waals surface area contributed by atoms with Crippen LogP contribution in [0.25, 0.3) is 0 Å². The molecule has 21 heavy (non-hydrogen) atoms. The minimum absolute atomic E-state index is 0.111. The van der Waals surface area contributed by atoms with Crippen LogP contribution in [0.15, 0.2) is 10.9 Å². The third-order valence-electron chi connectivity index (χ3n) is 3.47. The van der Waals surface area contributed by atoms with Crippen LogP contribution in [0.5, 0.6) is 0 Å². The number of hydrogen-bond donors (Lipinski definition) is 1. The second-order valence-corrected chi connectivity index (χ2v) is 5.68. The normalized spacial score (nSPS) is 11.3. The number of nitrogens with two attached hydrogens (primary N) is 1. The summed E-state index contributed by atoms with van der Waals surface area (Å²) in [4.78, 5) is 35.6. The van der Waals surface area contributed by atoms with E-state index in [2.05, 4.69) is 0 Å². The van der Waals surface area contributed by atoms with Gasteiger partial charge >= 0.3 is 5.97 Å². The second-order valence-electron chi connectivity index (χ2n) is 5.68. The highest BCUT2D eigenvalue weighted by Crippen LogP contribution is 2.20. The molecule has 1 amide bonds. The van der Waals surface area contributed by atoms with Gasteiger partial charge in [0.25, 0.3) is 5.56 Å². The predicted molar refractivity (Wildman–Crippen MR) is 79.1 cm³/mol. The summed E-state index contributed by atoms with van der Waals surface area (Å²) in [5.41, 5.74) is 5.58. The molecule has 6 heteroatoms. The quantitative estimate of drug-likeness (QED) is 0.825. The number of ether oxygens (including phenoxy) is 1. The Morgan fingerprint density at radius 3 is 2.38 bits per heavy atom. The molecule has 0 fully saturated rings. The molecular weight excluding hydrogens is 272 g/mol. The van der Waals surface area contributed by atoms with Gasteiger partial charge in [-0.05, 0) is 40.2 Å². The number of nitrogens with zero attached hydrogens (tertiary/aromatic N) is 1. The van der Waals surface area contributed by atoms with Crippen LogP contribution in [-0.4, -0.2) is 23.1 Å². The van der Waals surface area contributed by atoms with Crippen LogP contribution in [0.1, 0.15) is 42.4 Å². The van der Waals surface area contributed by atoms with Crippen LogP contribution >= 0.6 is 0 Å². The van der Waals surface area contributed by atoms with E-state index in [0.717, 1.165) is 0 Å². The van der Waals surface area contributed by atoms with Crippen LogP contribution in [0.3, 0.4) is 0 Å². The van der Waals surface area contributed by atoms with Crippen molar-refractivity contribution >= 4 is 11.9 Å². The largest absolute Gasteiger partial charge is 0.462 e. The molecule has 6 nitrogen and oxygen atoms in total. The van der Waals surface area contributed by atoms with Gasteiger partial charge in [-0.2, -0.15) is 0 Å². The topological polar surface area (TPSA) is 91.4 Å². The van der Waals surface area contributed by atoms with Gasteiger partial charge in [-0.1, -0.05) is 0 Å². The van der Waals surface area contributed by atoms with Crippen molar-refractivity contribution in [2.75, 3.05) is 6.61 Å². The molecule has 1 aromatic rings. The molecule has 1 heterocycles. The molecule has 0 saturated carbocycles. The molecule has 116 valence electrons. The number of rotatable bonds is 5. The molecule has 1 rings (SSSR count). The summed E-state index contributed by atoms with van der Waals surface area (Å²) in [7, 11) is 0. The van der Waals surface area contributed by atoms with E-state index in [1.807, 2.05) is 0 Å². The maximum absolute atomic E-state index is 12.2. The Labute approximate surface area is 123 Å². The highest BCUT2D eigenvalue weighted by molar-refractivity contribution is 5.92. The first-order valence-electron chi connectivity index (χ1n) is 6.80. The molecule has 0 aliphatic carbocycles. The molecule has 0 bridgehead atoms. The number of esters is 1. The Bertz CT molecular complexity index is 629. The van der Waals surface area contributed by atoms with Crippen molar-refractivity contribution in [2.24, 2.45) is 11.1 Å². The highest BCUT2D eigenvalue weighted by Gasteiger charge is 2.28. The maximum atomic E-state index is 12.2. The predicted octanol–water partition coefficient (Wildman–Crippen LogP) is 1.15. The minimum Gasteiger partial charge on any atom is -0.462 e. The first-order chi connectivity index (χ1) is 9.61. The van der Waals surface area contributed by atoms with Crippen molar-refractivity contribution < 1.29 is 14.3 Å². The van der Waals surface area contributed by atoms with Crippen molar-refractivity contribution in [2.45, 2.75) is 41.2 Å². The number of carbonyl (C=O) groups excluding carboxylic acids is 2. The van der Waals surface area contributed by atoms with E-state index in [0.29, 0.717) is 16.8 Å². The van der Waals surface area contributed by atoms with Crippen LogP contribution in [0, 0.1) is 19.3 Å². The molecule has 0 saturated heterocycles. The minimum atomic E-state index is -0.893. The van der Waals surface area contributed by atoms with Crippen molar-refractivity contribution in [3.63, 3.8) is 0 Å². The average molecular weight is 294 g/mol. The molecule has 0 spiro atoms. The van der Waals surface area contributed by atoms with Crippen LogP contribution in [0.4, 0.5) is 0 Å². The lowest BCUT2D eigenvalue weighted by atomic mass is 9.92. The molecule has 0 aliphatic heterocycles. The summed E-state index contributed by atoms with van der Waals surface area (Å²) in [6.45, 7) is 8.75. The Morgan fingerprint density at radius 1 is 1.33 bits per heavy atom. The number of aromatic nitrogens is 1. The third kappa shape index (κ3) is 3.51. The van der Waals surface area contributed by atoms with E-state index in [1.54, 1.807) is 34.6 Å². The fourth-order valence-electron chi connectivity index (χ4n) is 2.10. The highest BCUT2D eigenvalue weighted by atomic mass is 16.5. The zero-order valence-corrected chi connectivity index (χ0v) is 13.1. The number of amides is 1. The number of hydrogen-bond acceptors (Lipinski definition) is 4. The number of pyridine rings is 1. The van der Waals surface area contributed by atoms with Crippen LogP contribution < -0.4 is 11.3 Å². The Morgan fingerprint density at radius 2 is 1.90 bits per heavy atom. The first-order valence-corrected chi connectivity index (χ1v) is 6.80. The summed E-state index contributed by atoms with van der Waals surface area (Å²) in [5.74, 6) is -0.981. The Balaban J connectivity index is 3.41. The molecule has 0 radical (unpaired) electrons. The van der Waals surface area contributed by atoms with E-state index in [4.69, 9.17) is 10.5 Å². The summed E-state index contributed by atoms with van der Waals surface area (Å²) >= 11 is 0. The lowest BCUT2D eigenvalue weighted by Gasteiger charge is -2.24. The van der Waals surface area contributed by atoms with Gasteiger partial charge in [-0.15, -0.1) is 0 Å². The SMILES string of the molecule is CCOC(=O)c1c(C)cc(=O)n(CC(C)(C)C(N)=O)c1C. The van der Waals surface area contributed by atoms with Gasteiger partial charge in [0.1, 0.15) is 0 Å². The molecule has 0 aliphatic rings. The van der Waals surface area contributed by atoms with Crippen molar-refractivity contribution in [3.8, 4) is 0 Å². The van der Waals surface area contributed by atoms with Crippen LogP contribution in [0.2, 0.25) is 0 Å². The monoisotopic (exact) mass is 294 g/mol. The van der Waals surface area contributed by atoms with Gasteiger partial charge < -0.3 is 15.0 Å². The summed E-state index contributed by atoms with van der Waals surface area (Å²) in [5, 5.41) is 0. The second kappa shape index (κ2) is 6.11. The van der Waals surface area contributed by atoms with Gasteiger partial charge in [0.15, 0.2) is 0 Å². The van der Waals surface area contributed by atoms with E-state index in [1.165, 1.54) is 10.6 Å². The van der Waals surface area contributed by atoms with Crippen molar-refractivity contribution in [3.05, 3.63) is 33.2 Å². The van der Waals surface area contributed by atoms with Gasteiger partial charge in [0, 0.05) is 18.3 Å². The van der Waals surface area contributed by atoms with Gasteiger partial charge in [-0.3, -0.25) is 9.59 Å². The molecule has 0 unspecified atom stereocenters. The summed E-state index contributed by atoms with van der Waals surface area (Å²) < 4.78 is 6.41. The van der Waals surface area contributed by atoms with E-state index >= 15 is 0 Å². The van der Waals surface area contributed by atoms with Crippen molar-refractivity contribution in [1.29, 1.82) is 0 Å². The fraction of sp³-hybridized carbons (Fsp3) is 0.533. The van der Waals surface area contributed by atoms with Gasteiger partial charge in [0.05, 0.1) is 17.6 Å². The van der Waals surface area contributed by atoms with E-state index in [9.17, 15) is 14.4 Å². The first kappa shape index (κ1) is 16.9. The fourth-order valence-corrected chi connectivity index (χ4v) is 2.10.